The maximum Gasteiger partial charge on any atom is 0.317 e. The lowest BCUT2D eigenvalue weighted by atomic mass is 9.98. The summed E-state index contributed by atoms with van der Waals surface area (Å²) in [6, 6.07) is -0.0927. The molecule has 0 aromatic carbocycles. The van der Waals surface area contributed by atoms with Crippen molar-refractivity contribution >= 4 is 6.03 Å². The van der Waals surface area contributed by atoms with Crippen LogP contribution in [0.5, 0.6) is 0 Å². The fraction of sp³-hybridized carbons (Fsp3) is 0.909. The number of rotatable bonds is 3. The van der Waals surface area contributed by atoms with E-state index in [2.05, 4.69) is 5.32 Å². The quantitative estimate of drug-likeness (QED) is 0.754. The number of hydrogen-bond acceptors (Lipinski definition) is 2. The number of nitrogens with zero attached hydrogens (tertiary/aromatic N) is 1. The molecule has 1 aliphatic heterocycles. The fourth-order valence-electron chi connectivity index (χ4n) is 2.57. The number of nitrogens with two attached hydrogens (primary N) is 1. The molecule has 1 atom stereocenters. The minimum absolute atomic E-state index is 0.0636. The highest BCUT2D eigenvalue weighted by Crippen LogP contribution is 2.27. The van der Waals surface area contributed by atoms with Crippen LogP contribution in [0.3, 0.4) is 0 Å². The van der Waals surface area contributed by atoms with E-state index in [0.717, 1.165) is 12.8 Å². The van der Waals surface area contributed by atoms with Crippen molar-refractivity contribution in [2.45, 2.75) is 37.9 Å². The Hall–Kier alpha value is -0.840. The third-order valence-corrected chi connectivity index (χ3v) is 3.66. The molecule has 1 unspecified atom stereocenters. The first-order valence-corrected chi connectivity index (χ1v) is 6.10. The lowest BCUT2D eigenvalue weighted by molar-refractivity contribution is 0.0868. The van der Waals surface area contributed by atoms with Crippen LogP contribution in [0.2, 0.25) is 0 Å². The Kier molecular flexibility index (Phi) is 3.63. The Morgan fingerprint density at radius 1 is 1.44 bits per heavy atom. The van der Waals surface area contributed by atoms with Gasteiger partial charge >= 0.3 is 6.03 Å². The van der Waals surface area contributed by atoms with Crippen molar-refractivity contribution in [2.24, 2.45) is 11.7 Å². The maximum atomic E-state index is 12.6. The Morgan fingerprint density at radius 3 is 2.56 bits per heavy atom. The molecule has 1 saturated carbocycles. The molecular weight excluding hydrogens is 209 g/mol. The number of halogens is 1. The minimum Gasteiger partial charge on any atom is -0.334 e. The normalized spacial score (nSPS) is 24.2. The molecule has 0 spiro atoms. The first-order chi connectivity index (χ1) is 7.70. The van der Waals surface area contributed by atoms with Crippen LogP contribution in [0.15, 0.2) is 0 Å². The first-order valence-electron chi connectivity index (χ1n) is 6.10. The van der Waals surface area contributed by atoms with Crippen LogP contribution >= 0.6 is 0 Å². The van der Waals surface area contributed by atoms with E-state index in [1.807, 2.05) is 0 Å². The summed E-state index contributed by atoms with van der Waals surface area (Å²) >= 11 is 0. The summed E-state index contributed by atoms with van der Waals surface area (Å²) in [6.07, 6.45) is 3.91. The summed E-state index contributed by atoms with van der Waals surface area (Å²) in [7, 11) is 0. The van der Waals surface area contributed by atoms with Crippen LogP contribution in [0.4, 0.5) is 9.18 Å². The van der Waals surface area contributed by atoms with Crippen molar-refractivity contribution < 1.29 is 9.18 Å². The molecule has 2 amide bonds. The van der Waals surface area contributed by atoms with E-state index in [0.29, 0.717) is 12.5 Å². The van der Waals surface area contributed by atoms with E-state index < -0.39 is 6.17 Å². The molecule has 0 aromatic rings. The van der Waals surface area contributed by atoms with Gasteiger partial charge in [0.15, 0.2) is 0 Å². The molecule has 2 rings (SSSR count). The predicted octanol–water partition coefficient (Wildman–Crippen LogP) is 0.867. The van der Waals surface area contributed by atoms with Crippen LogP contribution in [0.1, 0.15) is 25.7 Å². The summed E-state index contributed by atoms with van der Waals surface area (Å²) in [4.78, 5) is 13.2. The molecule has 3 N–H and O–H groups in total. The Balaban J connectivity index is 1.79. The van der Waals surface area contributed by atoms with Crippen molar-refractivity contribution in [2.75, 3.05) is 19.6 Å². The smallest absolute Gasteiger partial charge is 0.317 e. The van der Waals surface area contributed by atoms with E-state index in [1.165, 1.54) is 17.7 Å². The van der Waals surface area contributed by atoms with E-state index >= 15 is 0 Å². The van der Waals surface area contributed by atoms with Crippen molar-refractivity contribution in [3.05, 3.63) is 0 Å². The highest BCUT2D eigenvalue weighted by molar-refractivity contribution is 5.75. The van der Waals surface area contributed by atoms with Gasteiger partial charge in [-0.15, -0.1) is 0 Å². The summed E-state index contributed by atoms with van der Waals surface area (Å²) in [5, 5.41) is 2.93. The van der Waals surface area contributed by atoms with Gasteiger partial charge in [-0.1, -0.05) is 12.8 Å². The molecule has 5 heteroatoms. The van der Waals surface area contributed by atoms with Crippen molar-refractivity contribution in [3.63, 3.8) is 0 Å². The topological polar surface area (TPSA) is 58.4 Å². The molecular formula is C11H20FN3O. The monoisotopic (exact) mass is 229 g/mol. The zero-order valence-electron chi connectivity index (χ0n) is 9.49. The standard InChI is InChI=1S/C11H20FN3O/c12-9-6-15(7-9)11(16)14-10(5-13)8-3-1-2-4-8/h8-10H,1-7,13H2,(H,14,16). The van der Waals surface area contributed by atoms with Gasteiger partial charge < -0.3 is 16.0 Å². The second-order valence-electron chi connectivity index (χ2n) is 4.84. The second-order valence-corrected chi connectivity index (χ2v) is 4.84. The molecule has 1 heterocycles. The first kappa shape index (κ1) is 11.6. The van der Waals surface area contributed by atoms with E-state index in [9.17, 15) is 9.18 Å². The number of likely N-dealkylation sites (tertiary alicyclic amines) is 1. The van der Waals surface area contributed by atoms with Gasteiger partial charge in [0, 0.05) is 12.6 Å². The Bertz CT molecular complexity index is 250. The van der Waals surface area contributed by atoms with Gasteiger partial charge in [0.2, 0.25) is 0 Å². The molecule has 16 heavy (non-hydrogen) atoms. The number of hydrogen-bond donors (Lipinski definition) is 2. The zero-order chi connectivity index (χ0) is 11.5. The summed E-state index contributed by atoms with van der Waals surface area (Å²) in [6.45, 7) is 0.935. The van der Waals surface area contributed by atoms with E-state index in [4.69, 9.17) is 5.73 Å². The zero-order valence-corrected chi connectivity index (χ0v) is 9.49. The number of amides is 2. The molecule has 0 radical (unpaired) electrons. The molecule has 0 bridgehead atoms. The van der Waals surface area contributed by atoms with Gasteiger partial charge in [0.05, 0.1) is 13.1 Å². The SMILES string of the molecule is NCC(NC(=O)N1CC(F)C1)C1CCCC1. The fourth-order valence-corrected chi connectivity index (χ4v) is 2.57. The van der Waals surface area contributed by atoms with Gasteiger partial charge in [0.25, 0.3) is 0 Å². The molecule has 4 nitrogen and oxygen atoms in total. The molecule has 2 aliphatic rings. The van der Waals surface area contributed by atoms with Crippen LogP contribution in [0, 0.1) is 5.92 Å². The van der Waals surface area contributed by atoms with Gasteiger partial charge in [-0.3, -0.25) is 0 Å². The van der Waals surface area contributed by atoms with Crippen LogP contribution in [-0.4, -0.2) is 42.8 Å². The Morgan fingerprint density at radius 2 is 2.06 bits per heavy atom. The molecule has 1 aliphatic carbocycles. The second kappa shape index (κ2) is 4.99. The average Bonchev–Trinajstić information content (AvgIpc) is 2.74. The lowest BCUT2D eigenvalue weighted by Gasteiger charge is -2.36. The number of nitrogens with one attached hydrogen (secondary N) is 1. The highest BCUT2D eigenvalue weighted by atomic mass is 19.1. The van der Waals surface area contributed by atoms with Gasteiger partial charge in [-0.05, 0) is 18.8 Å². The lowest BCUT2D eigenvalue weighted by Crippen LogP contribution is -2.58. The molecule has 2 fully saturated rings. The Labute approximate surface area is 95.4 Å². The van der Waals surface area contributed by atoms with Crippen LogP contribution < -0.4 is 11.1 Å². The number of urea groups is 1. The number of alkyl halides is 1. The maximum absolute atomic E-state index is 12.6. The highest BCUT2D eigenvalue weighted by Gasteiger charge is 2.33. The number of carbonyl (C=O) groups is 1. The average molecular weight is 229 g/mol. The van der Waals surface area contributed by atoms with Crippen molar-refractivity contribution in [1.82, 2.24) is 10.2 Å². The largest absolute Gasteiger partial charge is 0.334 e. The number of carbonyl (C=O) groups excluding carboxylic acids is 1. The summed E-state index contributed by atoms with van der Waals surface area (Å²) < 4.78 is 12.6. The van der Waals surface area contributed by atoms with Crippen molar-refractivity contribution in [1.29, 1.82) is 0 Å². The summed E-state index contributed by atoms with van der Waals surface area (Å²) in [5.41, 5.74) is 5.68. The molecule has 1 saturated heterocycles. The van der Waals surface area contributed by atoms with E-state index in [-0.39, 0.29) is 25.2 Å². The molecule has 0 aromatic heterocycles. The molecule has 92 valence electrons. The van der Waals surface area contributed by atoms with E-state index in [1.54, 1.807) is 0 Å². The third kappa shape index (κ3) is 2.45. The minimum atomic E-state index is -0.839. The predicted molar refractivity (Wildman–Crippen MR) is 59.8 cm³/mol. The van der Waals surface area contributed by atoms with Crippen LogP contribution in [-0.2, 0) is 0 Å². The van der Waals surface area contributed by atoms with Gasteiger partial charge in [-0.25, -0.2) is 9.18 Å². The van der Waals surface area contributed by atoms with Gasteiger partial charge in [0.1, 0.15) is 6.17 Å². The van der Waals surface area contributed by atoms with Crippen LogP contribution in [0.25, 0.3) is 0 Å². The summed E-state index contributed by atoms with van der Waals surface area (Å²) in [5.74, 6) is 0.511. The van der Waals surface area contributed by atoms with Crippen molar-refractivity contribution in [3.8, 4) is 0 Å². The third-order valence-electron chi connectivity index (χ3n) is 3.66. The van der Waals surface area contributed by atoms with Gasteiger partial charge in [-0.2, -0.15) is 0 Å².